The van der Waals surface area contributed by atoms with E-state index in [1.807, 2.05) is 24.3 Å². The molecule has 1 heterocycles. The number of aliphatic hydroxyl groups is 1. The third-order valence-corrected chi connectivity index (χ3v) is 3.60. The highest BCUT2D eigenvalue weighted by atomic mass is 79.9. The molecule has 0 saturated heterocycles. The minimum atomic E-state index is -0.547. The van der Waals surface area contributed by atoms with Crippen molar-refractivity contribution < 1.29 is 15.1 Å². The number of amides is 1. The molecule has 2 atom stereocenters. The number of carbonyl (C=O) groups excluding carboxylic acids is 1. The molecular weight excluding hydrogens is 352 g/mol. The summed E-state index contributed by atoms with van der Waals surface area (Å²) >= 11 is 3.37. The smallest absolute Gasteiger partial charge is 0.273 e. The molecule has 2 aromatic rings. The Labute approximate surface area is 136 Å². The summed E-state index contributed by atoms with van der Waals surface area (Å²) in [6, 6.07) is 7.50. The molecule has 22 heavy (non-hydrogen) atoms. The van der Waals surface area contributed by atoms with E-state index in [2.05, 4.69) is 31.6 Å². The third kappa shape index (κ3) is 4.81. The van der Waals surface area contributed by atoms with Gasteiger partial charge in [0.1, 0.15) is 0 Å². The lowest BCUT2D eigenvalue weighted by Crippen LogP contribution is -2.38. The SMILES string of the molecule is C[C@@H](O)C[C@@H](Cc1ccc(Br)cc1)NC(=O)c1cn(O)nn1. The van der Waals surface area contributed by atoms with Gasteiger partial charge in [-0.1, -0.05) is 32.9 Å². The van der Waals surface area contributed by atoms with E-state index < -0.39 is 12.0 Å². The van der Waals surface area contributed by atoms with Crippen LogP contribution in [0.1, 0.15) is 29.4 Å². The molecule has 118 valence electrons. The molecule has 1 amide bonds. The van der Waals surface area contributed by atoms with E-state index in [9.17, 15) is 9.90 Å². The summed E-state index contributed by atoms with van der Waals surface area (Å²) < 4.78 is 0.979. The molecule has 8 heteroatoms. The van der Waals surface area contributed by atoms with Crippen molar-refractivity contribution in [3.8, 4) is 0 Å². The highest BCUT2D eigenvalue weighted by Gasteiger charge is 2.18. The van der Waals surface area contributed by atoms with Crippen molar-refractivity contribution in [1.29, 1.82) is 0 Å². The summed E-state index contributed by atoms with van der Waals surface area (Å²) in [4.78, 5) is 12.5. The average molecular weight is 369 g/mol. The van der Waals surface area contributed by atoms with E-state index in [1.165, 1.54) is 0 Å². The molecule has 0 aliphatic carbocycles. The van der Waals surface area contributed by atoms with Crippen LogP contribution in [0.2, 0.25) is 0 Å². The number of hydrogen-bond donors (Lipinski definition) is 3. The predicted molar refractivity (Wildman–Crippen MR) is 82.6 cm³/mol. The molecule has 1 aromatic heterocycles. The lowest BCUT2D eigenvalue weighted by molar-refractivity contribution is 0.0911. The van der Waals surface area contributed by atoms with E-state index in [4.69, 9.17) is 5.21 Å². The van der Waals surface area contributed by atoms with Crippen molar-refractivity contribution in [2.75, 3.05) is 0 Å². The van der Waals surface area contributed by atoms with Crippen LogP contribution in [-0.4, -0.2) is 43.5 Å². The van der Waals surface area contributed by atoms with Gasteiger partial charge in [0.2, 0.25) is 0 Å². The molecule has 2 rings (SSSR count). The molecule has 0 aliphatic rings. The quantitative estimate of drug-likeness (QED) is 0.669. The number of aromatic nitrogens is 3. The zero-order valence-electron chi connectivity index (χ0n) is 12.0. The number of aliphatic hydroxyl groups excluding tert-OH is 1. The summed E-state index contributed by atoms with van der Waals surface area (Å²) in [6.45, 7) is 1.67. The van der Waals surface area contributed by atoms with Crippen LogP contribution in [0, 0.1) is 0 Å². The summed E-state index contributed by atoms with van der Waals surface area (Å²) in [5.41, 5.74) is 1.06. The van der Waals surface area contributed by atoms with Crippen molar-refractivity contribution in [2.24, 2.45) is 0 Å². The zero-order chi connectivity index (χ0) is 16.1. The number of nitrogens with one attached hydrogen (secondary N) is 1. The number of halogens is 1. The van der Waals surface area contributed by atoms with Crippen molar-refractivity contribution in [3.05, 3.63) is 46.2 Å². The molecule has 0 aliphatic heterocycles. The van der Waals surface area contributed by atoms with Crippen LogP contribution >= 0.6 is 15.9 Å². The fraction of sp³-hybridized carbons (Fsp3) is 0.357. The molecule has 0 bridgehead atoms. The van der Waals surface area contributed by atoms with Gasteiger partial charge in [-0.3, -0.25) is 4.79 Å². The van der Waals surface area contributed by atoms with Gasteiger partial charge < -0.3 is 15.6 Å². The van der Waals surface area contributed by atoms with Gasteiger partial charge in [-0.05, 0) is 42.7 Å². The maximum absolute atomic E-state index is 12.1. The fourth-order valence-electron chi connectivity index (χ4n) is 2.13. The van der Waals surface area contributed by atoms with Crippen LogP contribution in [-0.2, 0) is 6.42 Å². The lowest BCUT2D eigenvalue weighted by Gasteiger charge is -2.19. The molecule has 0 radical (unpaired) electrons. The van der Waals surface area contributed by atoms with Crippen LogP contribution in [0.3, 0.4) is 0 Å². The Hall–Kier alpha value is -1.93. The van der Waals surface area contributed by atoms with Crippen molar-refractivity contribution >= 4 is 21.8 Å². The topological polar surface area (TPSA) is 100 Å². The second kappa shape index (κ2) is 7.37. The Kier molecular flexibility index (Phi) is 5.51. The predicted octanol–water partition coefficient (Wildman–Crippen LogP) is 1.39. The number of hydrogen-bond acceptors (Lipinski definition) is 5. The molecule has 0 spiro atoms. The van der Waals surface area contributed by atoms with Gasteiger partial charge in [0.25, 0.3) is 5.91 Å². The zero-order valence-corrected chi connectivity index (χ0v) is 13.6. The third-order valence-electron chi connectivity index (χ3n) is 3.07. The summed E-state index contributed by atoms with van der Waals surface area (Å²) in [7, 11) is 0. The lowest BCUT2D eigenvalue weighted by atomic mass is 10.0. The monoisotopic (exact) mass is 368 g/mol. The number of nitrogens with zero attached hydrogens (tertiary/aromatic N) is 3. The van der Waals surface area contributed by atoms with E-state index in [0.29, 0.717) is 17.7 Å². The first kappa shape index (κ1) is 16.4. The van der Waals surface area contributed by atoms with Crippen molar-refractivity contribution in [2.45, 2.75) is 31.9 Å². The standard InChI is InChI=1S/C14H17BrN4O3/c1-9(20)6-12(7-10-2-4-11(15)5-3-10)16-14(21)13-8-19(22)18-17-13/h2-5,8-9,12,20,22H,6-7H2,1H3,(H,16,21)/t9-,12+/m1/s1. The average Bonchev–Trinajstić information content (AvgIpc) is 2.87. The summed E-state index contributed by atoms with van der Waals surface area (Å²) in [5, 5.41) is 28.3. The van der Waals surface area contributed by atoms with Crippen molar-refractivity contribution in [3.63, 3.8) is 0 Å². The van der Waals surface area contributed by atoms with E-state index in [0.717, 1.165) is 16.2 Å². The fourth-order valence-corrected chi connectivity index (χ4v) is 2.39. The highest BCUT2D eigenvalue weighted by molar-refractivity contribution is 9.10. The first-order chi connectivity index (χ1) is 10.4. The van der Waals surface area contributed by atoms with Gasteiger partial charge in [-0.25, -0.2) is 0 Å². The largest absolute Gasteiger partial charge is 0.410 e. The maximum Gasteiger partial charge on any atom is 0.273 e. The van der Waals surface area contributed by atoms with Gasteiger partial charge in [-0.15, -0.1) is 5.10 Å². The van der Waals surface area contributed by atoms with Gasteiger partial charge in [0.05, 0.1) is 12.3 Å². The first-order valence-electron chi connectivity index (χ1n) is 6.79. The van der Waals surface area contributed by atoms with Gasteiger partial charge in [0, 0.05) is 10.5 Å². The molecule has 1 aromatic carbocycles. The first-order valence-corrected chi connectivity index (χ1v) is 7.58. The van der Waals surface area contributed by atoms with Crippen LogP contribution in [0.25, 0.3) is 0 Å². The highest BCUT2D eigenvalue weighted by Crippen LogP contribution is 2.14. The Morgan fingerprint density at radius 2 is 2.09 bits per heavy atom. The Morgan fingerprint density at radius 3 is 2.64 bits per heavy atom. The van der Waals surface area contributed by atoms with E-state index in [1.54, 1.807) is 6.92 Å². The van der Waals surface area contributed by atoms with Gasteiger partial charge in [0.15, 0.2) is 5.69 Å². The van der Waals surface area contributed by atoms with Crippen LogP contribution in [0.4, 0.5) is 0 Å². The van der Waals surface area contributed by atoms with Crippen molar-refractivity contribution in [1.82, 2.24) is 20.5 Å². The second-order valence-corrected chi connectivity index (χ2v) is 6.03. The number of rotatable bonds is 6. The number of carbonyl (C=O) groups is 1. The van der Waals surface area contributed by atoms with E-state index in [-0.39, 0.29) is 11.7 Å². The van der Waals surface area contributed by atoms with E-state index >= 15 is 0 Å². The minimum Gasteiger partial charge on any atom is -0.410 e. The molecule has 7 nitrogen and oxygen atoms in total. The van der Waals surface area contributed by atoms with Crippen LogP contribution in [0.5, 0.6) is 0 Å². The molecule has 0 saturated carbocycles. The summed E-state index contributed by atoms with van der Waals surface area (Å²) in [6.07, 6.45) is 1.56. The van der Waals surface area contributed by atoms with Gasteiger partial charge >= 0.3 is 0 Å². The Bertz CT molecular complexity index is 627. The Balaban J connectivity index is 2.05. The van der Waals surface area contributed by atoms with Crippen LogP contribution in [0.15, 0.2) is 34.9 Å². The normalized spacial score (nSPS) is 13.6. The van der Waals surface area contributed by atoms with Crippen LogP contribution < -0.4 is 5.32 Å². The molecule has 0 unspecified atom stereocenters. The maximum atomic E-state index is 12.1. The summed E-state index contributed by atoms with van der Waals surface area (Å²) in [5.74, 6) is -0.442. The minimum absolute atomic E-state index is 0.0221. The second-order valence-electron chi connectivity index (χ2n) is 5.11. The molecule has 3 N–H and O–H groups in total. The molecule has 0 fully saturated rings. The van der Waals surface area contributed by atoms with Gasteiger partial charge in [-0.2, -0.15) is 0 Å². The molecular formula is C14H17BrN4O3. The number of benzene rings is 1. The Morgan fingerprint density at radius 1 is 1.41 bits per heavy atom.